The molecular formula is C21H28ClN3O4S. The summed E-state index contributed by atoms with van der Waals surface area (Å²) >= 11 is 5.93. The van der Waals surface area contributed by atoms with Crippen LogP contribution in [0.25, 0.3) is 0 Å². The predicted molar refractivity (Wildman–Crippen MR) is 116 cm³/mol. The van der Waals surface area contributed by atoms with Crippen molar-refractivity contribution in [1.82, 2.24) is 9.62 Å². The monoisotopic (exact) mass is 453 g/mol. The van der Waals surface area contributed by atoms with E-state index < -0.39 is 15.2 Å². The molecule has 0 aliphatic heterocycles. The van der Waals surface area contributed by atoms with Gasteiger partial charge in [-0.3, -0.25) is 0 Å². The zero-order chi connectivity index (χ0) is 21.7. The summed E-state index contributed by atoms with van der Waals surface area (Å²) in [4.78, 5) is 2.33. The SMILES string of the molecule is CN(CCCc1ccc(Cl)cc1)[C@@H]1CCC[C@H]1NS(=O)(=O)c1ccc([NH+]([O-])O)cc1. The van der Waals surface area contributed by atoms with Crippen LogP contribution >= 0.6 is 11.6 Å². The topological polar surface area (TPSA) is 97.1 Å². The summed E-state index contributed by atoms with van der Waals surface area (Å²) in [5, 5.41) is 19.6. The number of hydrogen-bond donors (Lipinski definition) is 3. The van der Waals surface area contributed by atoms with Crippen molar-refractivity contribution in [2.75, 3.05) is 13.6 Å². The van der Waals surface area contributed by atoms with E-state index >= 15 is 0 Å². The van der Waals surface area contributed by atoms with E-state index in [1.54, 1.807) is 0 Å². The summed E-state index contributed by atoms with van der Waals surface area (Å²) < 4.78 is 28.4. The zero-order valence-corrected chi connectivity index (χ0v) is 18.5. The number of quaternary nitrogens is 1. The van der Waals surface area contributed by atoms with Gasteiger partial charge in [-0.2, -0.15) is 5.23 Å². The van der Waals surface area contributed by atoms with Crippen LogP contribution in [0, 0.1) is 5.21 Å². The van der Waals surface area contributed by atoms with E-state index in [1.807, 2.05) is 31.3 Å². The number of hydrogen-bond acceptors (Lipinski definition) is 5. The number of nitrogens with zero attached hydrogens (tertiary/aromatic N) is 1. The minimum absolute atomic E-state index is 0.0631. The van der Waals surface area contributed by atoms with Crippen LogP contribution in [0.1, 0.15) is 31.2 Å². The molecule has 3 rings (SSSR count). The first-order valence-electron chi connectivity index (χ1n) is 10.1. The Hall–Kier alpha value is -1.52. The minimum atomic E-state index is -3.70. The van der Waals surface area contributed by atoms with Crippen LogP contribution in [-0.2, 0) is 16.4 Å². The summed E-state index contributed by atoms with van der Waals surface area (Å²) in [5.74, 6) is 0. The molecule has 30 heavy (non-hydrogen) atoms. The Morgan fingerprint density at radius 3 is 2.47 bits per heavy atom. The molecule has 0 amide bonds. The number of nitrogens with one attached hydrogen (secondary N) is 2. The standard InChI is InChI=1S/C21H28ClN3O4S/c1-24(15-3-4-16-7-9-17(22)10-8-16)21-6-2-5-20(21)23-30(28,29)19-13-11-18(12-14-19)25(26)27/h7-14,20-21,23,25-26H,2-6,15H2,1H3/t20-,21-/m1/s1. The molecule has 1 saturated carbocycles. The molecule has 9 heteroatoms. The number of sulfonamides is 1. The van der Waals surface area contributed by atoms with E-state index in [1.165, 1.54) is 29.8 Å². The molecule has 1 aliphatic carbocycles. The third-order valence-electron chi connectivity index (χ3n) is 5.65. The third kappa shape index (κ3) is 6.01. The van der Waals surface area contributed by atoms with Crippen LogP contribution in [0.15, 0.2) is 53.4 Å². The van der Waals surface area contributed by atoms with Crippen molar-refractivity contribution in [2.24, 2.45) is 0 Å². The largest absolute Gasteiger partial charge is 0.595 e. The maximum absolute atomic E-state index is 12.8. The highest BCUT2D eigenvalue weighted by molar-refractivity contribution is 7.89. The molecule has 1 aliphatic rings. The van der Waals surface area contributed by atoms with Crippen LogP contribution in [0.5, 0.6) is 0 Å². The van der Waals surface area contributed by atoms with Gasteiger partial charge in [-0.15, -0.1) is 0 Å². The molecule has 0 radical (unpaired) electrons. The van der Waals surface area contributed by atoms with E-state index in [2.05, 4.69) is 9.62 Å². The van der Waals surface area contributed by atoms with Crippen LogP contribution < -0.4 is 9.95 Å². The average molecular weight is 454 g/mol. The van der Waals surface area contributed by atoms with Crippen LogP contribution in [0.4, 0.5) is 5.69 Å². The fourth-order valence-electron chi connectivity index (χ4n) is 4.00. The Labute approximate surface area is 182 Å². The summed E-state index contributed by atoms with van der Waals surface area (Å²) in [7, 11) is -1.66. The van der Waals surface area contributed by atoms with Crippen LogP contribution in [0.3, 0.4) is 0 Å². The van der Waals surface area contributed by atoms with Gasteiger partial charge in [0.25, 0.3) is 0 Å². The fraction of sp³-hybridized carbons (Fsp3) is 0.429. The van der Waals surface area contributed by atoms with Gasteiger partial charge in [0.05, 0.1) is 4.90 Å². The Balaban J connectivity index is 1.56. The molecule has 1 unspecified atom stereocenters. The van der Waals surface area contributed by atoms with Gasteiger partial charge >= 0.3 is 0 Å². The van der Waals surface area contributed by atoms with Crippen molar-refractivity contribution in [3.05, 3.63) is 64.3 Å². The first-order chi connectivity index (χ1) is 14.3. The number of benzene rings is 2. The predicted octanol–water partition coefficient (Wildman–Crippen LogP) is 2.51. The smallest absolute Gasteiger partial charge is 0.240 e. The van der Waals surface area contributed by atoms with Gasteiger partial charge in [0.2, 0.25) is 10.0 Å². The van der Waals surface area contributed by atoms with Gasteiger partial charge < -0.3 is 10.1 Å². The highest BCUT2D eigenvalue weighted by atomic mass is 35.5. The Kier molecular flexibility index (Phi) is 7.86. The maximum atomic E-state index is 12.8. The highest BCUT2D eigenvalue weighted by Gasteiger charge is 2.33. The second kappa shape index (κ2) is 10.2. The van der Waals surface area contributed by atoms with Gasteiger partial charge in [0.1, 0.15) is 0 Å². The molecule has 7 nitrogen and oxygen atoms in total. The lowest BCUT2D eigenvalue weighted by Crippen LogP contribution is -2.99. The molecule has 0 heterocycles. The second-order valence-electron chi connectivity index (χ2n) is 7.77. The molecule has 1 fully saturated rings. The van der Waals surface area contributed by atoms with E-state index in [9.17, 15) is 13.6 Å². The van der Waals surface area contributed by atoms with Crippen LogP contribution in [-0.4, -0.2) is 44.2 Å². The normalized spacial score (nSPS) is 20.6. The van der Waals surface area contributed by atoms with Crippen molar-refractivity contribution in [3.63, 3.8) is 0 Å². The quantitative estimate of drug-likeness (QED) is 0.507. The number of aryl methyl sites for hydroxylation is 1. The Morgan fingerprint density at radius 2 is 1.83 bits per heavy atom. The first kappa shape index (κ1) is 23.1. The molecule has 0 saturated heterocycles. The first-order valence-corrected chi connectivity index (χ1v) is 11.9. The van der Waals surface area contributed by atoms with E-state index in [0.717, 1.165) is 43.7 Å². The summed E-state index contributed by atoms with van der Waals surface area (Å²) in [6, 6.07) is 13.1. The van der Waals surface area contributed by atoms with Crippen molar-refractivity contribution >= 4 is 27.3 Å². The van der Waals surface area contributed by atoms with Crippen molar-refractivity contribution < 1.29 is 18.9 Å². The van der Waals surface area contributed by atoms with Crippen molar-refractivity contribution in [2.45, 2.75) is 49.1 Å². The molecule has 3 N–H and O–H groups in total. The van der Waals surface area contributed by atoms with E-state index in [0.29, 0.717) is 0 Å². The summed E-state index contributed by atoms with van der Waals surface area (Å²) in [5.41, 5.74) is 1.30. The average Bonchev–Trinajstić information content (AvgIpc) is 3.17. The molecule has 2 aromatic carbocycles. The molecule has 164 valence electrons. The summed E-state index contributed by atoms with van der Waals surface area (Å²) in [6.45, 7) is 0.874. The molecule has 0 spiro atoms. The molecule has 2 aromatic rings. The number of rotatable bonds is 9. The highest BCUT2D eigenvalue weighted by Crippen LogP contribution is 2.26. The lowest BCUT2D eigenvalue weighted by molar-refractivity contribution is -0.991. The molecule has 3 atom stereocenters. The maximum Gasteiger partial charge on any atom is 0.240 e. The van der Waals surface area contributed by atoms with E-state index in [4.69, 9.17) is 16.8 Å². The van der Waals surface area contributed by atoms with Gasteiger partial charge in [0, 0.05) is 29.2 Å². The fourth-order valence-corrected chi connectivity index (χ4v) is 5.43. The lowest BCUT2D eigenvalue weighted by atomic mass is 10.1. The third-order valence-corrected chi connectivity index (χ3v) is 7.41. The lowest BCUT2D eigenvalue weighted by Gasteiger charge is -2.30. The van der Waals surface area contributed by atoms with Crippen molar-refractivity contribution in [1.29, 1.82) is 0 Å². The molecular weight excluding hydrogens is 426 g/mol. The minimum Gasteiger partial charge on any atom is -0.595 e. The Morgan fingerprint density at radius 1 is 1.17 bits per heavy atom. The van der Waals surface area contributed by atoms with Crippen LogP contribution in [0.2, 0.25) is 5.02 Å². The molecule has 0 bridgehead atoms. The number of halogens is 1. The Bertz CT molecular complexity index is 920. The second-order valence-corrected chi connectivity index (χ2v) is 9.92. The zero-order valence-electron chi connectivity index (χ0n) is 16.9. The van der Waals surface area contributed by atoms with E-state index in [-0.39, 0.29) is 22.7 Å². The molecule has 0 aromatic heterocycles. The number of likely N-dealkylation sites (N-methyl/N-ethyl adjacent to an activating group) is 1. The summed E-state index contributed by atoms with van der Waals surface area (Å²) in [6.07, 6.45) is 4.63. The van der Waals surface area contributed by atoms with Gasteiger partial charge in [-0.1, -0.05) is 30.2 Å². The van der Waals surface area contributed by atoms with Gasteiger partial charge in [-0.25, -0.2) is 18.3 Å². The van der Waals surface area contributed by atoms with Gasteiger partial charge in [-0.05, 0) is 69.1 Å². The van der Waals surface area contributed by atoms with Crippen molar-refractivity contribution in [3.8, 4) is 0 Å². The van der Waals surface area contributed by atoms with Gasteiger partial charge in [0.15, 0.2) is 5.69 Å².